The van der Waals surface area contributed by atoms with Crippen molar-refractivity contribution in [1.82, 2.24) is 25.0 Å². The highest BCUT2D eigenvalue weighted by Crippen LogP contribution is 2.25. The van der Waals surface area contributed by atoms with Crippen molar-refractivity contribution in [2.45, 2.75) is 12.5 Å². The number of carbonyl (C=O) groups is 1. The average molecular weight is 469 g/mol. The predicted molar refractivity (Wildman–Crippen MR) is 123 cm³/mol. The van der Waals surface area contributed by atoms with Crippen molar-refractivity contribution in [3.05, 3.63) is 71.6 Å². The van der Waals surface area contributed by atoms with Crippen LogP contribution in [0.4, 0.5) is 8.78 Å². The smallest absolute Gasteiger partial charge is 0.314 e. The van der Waals surface area contributed by atoms with Gasteiger partial charge in [-0.3, -0.25) is 9.69 Å². The number of nitrogens with zero attached hydrogens (tertiary/aromatic N) is 6. The number of hydrogen-bond donors (Lipinski definition) is 0. The van der Waals surface area contributed by atoms with Crippen LogP contribution in [0.3, 0.4) is 0 Å². The zero-order valence-corrected chi connectivity index (χ0v) is 19.0. The Kier molecular flexibility index (Phi) is 7.39. The number of aromatic nitrogens is 2. The van der Waals surface area contributed by atoms with Gasteiger partial charge in [-0.15, -0.1) is 10.2 Å². The third-order valence-corrected chi connectivity index (χ3v) is 5.74. The molecule has 1 amide bonds. The molecule has 1 aliphatic heterocycles. The number of likely N-dealkylation sites (N-methyl/N-ethyl adjacent to an activating group) is 2. The number of carbonyl (C=O) groups excluding carboxylic acids is 1. The first-order chi connectivity index (χ1) is 16.4. The lowest BCUT2D eigenvalue weighted by atomic mass is 10.0. The maximum atomic E-state index is 13.4. The van der Waals surface area contributed by atoms with Crippen molar-refractivity contribution in [2.75, 3.05) is 40.3 Å². The van der Waals surface area contributed by atoms with E-state index in [1.54, 1.807) is 37.5 Å². The molecule has 1 unspecified atom stereocenters. The van der Waals surface area contributed by atoms with E-state index in [-0.39, 0.29) is 11.8 Å². The van der Waals surface area contributed by atoms with Crippen molar-refractivity contribution in [2.24, 2.45) is 5.10 Å². The van der Waals surface area contributed by atoms with Gasteiger partial charge in [-0.25, -0.2) is 5.01 Å². The van der Waals surface area contributed by atoms with Gasteiger partial charge < -0.3 is 9.32 Å². The Labute approximate surface area is 196 Å². The standard InChI is InChI=1S/C24H26F2N6O2/c1-30-12-14-32(15-13-30)20(18-6-4-3-5-7-18)24(33)31(2)27-16-17-8-10-19(11-9-17)22-28-29-23(34-22)21(25)26/h3-11,16,20-21H,12-15H2,1-2H3/b27-16+. The second-order valence-corrected chi connectivity index (χ2v) is 8.13. The van der Waals surface area contributed by atoms with E-state index in [1.165, 1.54) is 5.01 Å². The Morgan fingerprint density at radius 3 is 2.35 bits per heavy atom. The van der Waals surface area contributed by atoms with Gasteiger partial charge in [-0.05, 0) is 30.3 Å². The summed E-state index contributed by atoms with van der Waals surface area (Å²) in [6, 6.07) is 16.1. The Bertz CT molecular complexity index is 1110. The first-order valence-corrected chi connectivity index (χ1v) is 10.9. The summed E-state index contributed by atoms with van der Waals surface area (Å²) in [5.41, 5.74) is 2.18. The summed E-state index contributed by atoms with van der Waals surface area (Å²) in [6.45, 7) is 3.39. The molecular formula is C24H26F2N6O2. The Morgan fingerprint density at radius 2 is 1.74 bits per heavy atom. The molecule has 178 valence electrons. The van der Waals surface area contributed by atoms with Gasteiger partial charge in [0.2, 0.25) is 5.89 Å². The molecule has 0 radical (unpaired) electrons. The molecule has 0 saturated carbocycles. The van der Waals surface area contributed by atoms with E-state index in [9.17, 15) is 13.6 Å². The number of hydrazone groups is 1. The molecule has 4 rings (SSSR count). The van der Waals surface area contributed by atoms with Crippen LogP contribution in [0.1, 0.15) is 29.5 Å². The third-order valence-electron chi connectivity index (χ3n) is 5.74. The lowest BCUT2D eigenvalue weighted by molar-refractivity contribution is -0.136. The molecule has 1 aromatic heterocycles. The molecule has 0 spiro atoms. The second kappa shape index (κ2) is 10.6. The van der Waals surface area contributed by atoms with E-state index in [0.29, 0.717) is 5.56 Å². The van der Waals surface area contributed by atoms with Crippen molar-refractivity contribution in [3.63, 3.8) is 0 Å². The molecular weight excluding hydrogens is 442 g/mol. The fourth-order valence-electron chi connectivity index (χ4n) is 3.76. The molecule has 2 aromatic carbocycles. The largest absolute Gasteiger partial charge is 0.415 e. The molecule has 1 aliphatic rings. The highest BCUT2D eigenvalue weighted by molar-refractivity contribution is 5.86. The van der Waals surface area contributed by atoms with E-state index in [1.807, 2.05) is 30.3 Å². The molecule has 1 saturated heterocycles. The minimum absolute atomic E-state index is 0.0176. The summed E-state index contributed by atoms with van der Waals surface area (Å²) < 4.78 is 30.3. The zero-order valence-electron chi connectivity index (χ0n) is 19.0. The maximum Gasteiger partial charge on any atom is 0.314 e. The molecule has 0 N–H and O–H groups in total. The van der Waals surface area contributed by atoms with Crippen LogP contribution in [-0.4, -0.2) is 77.4 Å². The van der Waals surface area contributed by atoms with Crippen molar-refractivity contribution in [3.8, 4) is 11.5 Å². The molecule has 1 fully saturated rings. The number of piperazine rings is 1. The number of rotatable bonds is 7. The van der Waals surface area contributed by atoms with Crippen LogP contribution in [0.2, 0.25) is 0 Å². The molecule has 1 atom stereocenters. The number of alkyl halides is 2. The molecule has 0 aliphatic carbocycles. The molecule has 34 heavy (non-hydrogen) atoms. The summed E-state index contributed by atoms with van der Waals surface area (Å²) in [6.07, 6.45) is -1.24. The normalized spacial score (nSPS) is 16.3. The summed E-state index contributed by atoms with van der Waals surface area (Å²) in [5.74, 6) is -0.813. The Balaban J connectivity index is 1.46. The van der Waals surface area contributed by atoms with E-state index >= 15 is 0 Å². The lowest BCUT2D eigenvalue weighted by Gasteiger charge is -2.38. The number of hydrogen-bond acceptors (Lipinski definition) is 7. The minimum Gasteiger partial charge on any atom is -0.415 e. The fourth-order valence-corrected chi connectivity index (χ4v) is 3.76. The van der Waals surface area contributed by atoms with Gasteiger partial charge in [-0.2, -0.15) is 13.9 Å². The predicted octanol–water partition coefficient (Wildman–Crippen LogP) is 3.46. The number of amides is 1. The lowest BCUT2D eigenvalue weighted by Crippen LogP contribution is -2.49. The van der Waals surface area contributed by atoms with Gasteiger partial charge >= 0.3 is 6.43 Å². The highest BCUT2D eigenvalue weighted by Gasteiger charge is 2.31. The SMILES string of the molecule is CN1CCN(C(C(=O)N(C)/N=C/c2ccc(-c3nnc(C(F)F)o3)cc2)c2ccccc2)CC1. The van der Waals surface area contributed by atoms with Crippen LogP contribution in [0.15, 0.2) is 64.1 Å². The van der Waals surface area contributed by atoms with Crippen LogP contribution in [0.5, 0.6) is 0 Å². The van der Waals surface area contributed by atoms with Crippen LogP contribution >= 0.6 is 0 Å². The van der Waals surface area contributed by atoms with Crippen molar-refractivity contribution in [1.29, 1.82) is 0 Å². The topological polar surface area (TPSA) is 78.1 Å². The summed E-state index contributed by atoms with van der Waals surface area (Å²) in [5, 5.41) is 12.7. The average Bonchev–Trinajstić information content (AvgIpc) is 3.36. The van der Waals surface area contributed by atoms with Crippen LogP contribution in [0.25, 0.3) is 11.5 Å². The van der Waals surface area contributed by atoms with Gasteiger partial charge in [0, 0.05) is 38.8 Å². The summed E-state index contributed by atoms with van der Waals surface area (Å²) in [4.78, 5) is 17.8. The van der Waals surface area contributed by atoms with Crippen LogP contribution in [0, 0.1) is 0 Å². The summed E-state index contributed by atoms with van der Waals surface area (Å²) >= 11 is 0. The fraction of sp³-hybridized carbons (Fsp3) is 0.333. The van der Waals surface area contributed by atoms with Gasteiger partial charge in [0.1, 0.15) is 6.04 Å². The zero-order chi connectivity index (χ0) is 24.1. The highest BCUT2D eigenvalue weighted by atomic mass is 19.3. The monoisotopic (exact) mass is 468 g/mol. The van der Waals surface area contributed by atoms with Gasteiger partial charge in [0.25, 0.3) is 11.8 Å². The van der Waals surface area contributed by atoms with E-state index in [4.69, 9.17) is 4.42 Å². The van der Waals surface area contributed by atoms with E-state index in [0.717, 1.165) is 37.3 Å². The van der Waals surface area contributed by atoms with E-state index < -0.39 is 18.4 Å². The van der Waals surface area contributed by atoms with Gasteiger partial charge in [0.15, 0.2) is 0 Å². The molecule has 2 heterocycles. The van der Waals surface area contributed by atoms with Crippen molar-refractivity contribution < 1.29 is 18.0 Å². The summed E-state index contributed by atoms with van der Waals surface area (Å²) in [7, 11) is 3.72. The quantitative estimate of drug-likeness (QED) is 0.391. The van der Waals surface area contributed by atoms with E-state index in [2.05, 4.69) is 32.1 Å². The third kappa shape index (κ3) is 5.52. The number of halogens is 2. The molecule has 3 aromatic rings. The van der Waals surface area contributed by atoms with Crippen molar-refractivity contribution >= 4 is 12.1 Å². The van der Waals surface area contributed by atoms with Gasteiger partial charge in [-0.1, -0.05) is 42.5 Å². The van der Waals surface area contributed by atoms with Crippen LogP contribution < -0.4 is 0 Å². The Morgan fingerprint density at radius 1 is 1.06 bits per heavy atom. The maximum absolute atomic E-state index is 13.4. The van der Waals surface area contributed by atoms with Crippen LogP contribution in [-0.2, 0) is 4.79 Å². The molecule has 0 bridgehead atoms. The van der Waals surface area contributed by atoms with Gasteiger partial charge in [0.05, 0.1) is 6.21 Å². The first-order valence-electron chi connectivity index (χ1n) is 10.9. The first kappa shape index (κ1) is 23.7. The Hall–Kier alpha value is -3.50. The molecule has 10 heteroatoms. The number of benzene rings is 2. The second-order valence-electron chi connectivity index (χ2n) is 8.13. The minimum atomic E-state index is -2.81. The molecule has 8 nitrogen and oxygen atoms in total.